The van der Waals surface area contributed by atoms with E-state index in [9.17, 15) is 4.79 Å². The van der Waals surface area contributed by atoms with Crippen molar-refractivity contribution >= 4 is 21.9 Å². The molecule has 1 rings (SSSR count). The third-order valence-electron chi connectivity index (χ3n) is 1.84. The van der Waals surface area contributed by atoms with Gasteiger partial charge in [0.15, 0.2) is 0 Å². The van der Waals surface area contributed by atoms with Crippen LogP contribution < -0.4 is 0 Å². The topological polar surface area (TPSA) is 35.5 Å². The Morgan fingerprint density at radius 2 is 2.07 bits per heavy atom. The van der Waals surface area contributed by atoms with Crippen molar-refractivity contribution in [3.63, 3.8) is 0 Å². The zero-order valence-corrected chi connectivity index (χ0v) is 10.1. The fourth-order valence-electron chi connectivity index (χ4n) is 1.09. The van der Waals surface area contributed by atoms with Crippen LogP contribution in [0.25, 0.3) is 0 Å². The van der Waals surface area contributed by atoms with E-state index in [-0.39, 0.29) is 12.4 Å². The summed E-state index contributed by atoms with van der Waals surface area (Å²) in [4.78, 5) is 11.3. The van der Waals surface area contributed by atoms with E-state index in [0.29, 0.717) is 13.2 Å². The molecule has 82 valence electrons. The normalized spacial score (nSPS) is 10.0. The first-order valence-electron chi connectivity index (χ1n) is 4.62. The standard InChI is InChI=1S/C11H13BrO3/c1-14-6-7-15-11(13)8-9-4-2-3-5-10(9)12/h2-5H,6-8H2,1H3. The monoisotopic (exact) mass is 272 g/mol. The van der Waals surface area contributed by atoms with Crippen LogP contribution in [-0.2, 0) is 20.7 Å². The lowest BCUT2D eigenvalue weighted by atomic mass is 10.2. The lowest BCUT2D eigenvalue weighted by Gasteiger charge is -2.05. The van der Waals surface area contributed by atoms with E-state index in [2.05, 4.69) is 15.9 Å². The summed E-state index contributed by atoms with van der Waals surface area (Å²) in [5, 5.41) is 0. The van der Waals surface area contributed by atoms with Gasteiger partial charge in [-0.3, -0.25) is 4.79 Å². The van der Waals surface area contributed by atoms with Crippen molar-refractivity contribution in [2.75, 3.05) is 20.3 Å². The lowest BCUT2D eigenvalue weighted by molar-refractivity contribution is -0.144. The van der Waals surface area contributed by atoms with Crippen LogP contribution in [0.4, 0.5) is 0 Å². The van der Waals surface area contributed by atoms with E-state index >= 15 is 0 Å². The Morgan fingerprint density at radius 3 is 2.73 bits per heavy atom. The van der Waals surface area contributed by atoms with Crippen molar-refractivity contribution in [3.05, 3.63) is 34.3 Å². The highest BCUT2D eigenvalue weighted by molar-refractivity contribution is 9.10. The third kappa shape index (κ3) is 4.44. The summed E-state index contributed by atoms with van der Waals surface area (Å²) in [6, 6.07) is 7.59. The zero-order chi connectivity index (χ0) is 11.1. The smallest absolute Gasteiger partial charge is 0.310 e. The predicted molar refractivity (Wildman–Crippen MR) is 60.7 cm³/mol. The zero-order valence-electron chi connectivity index (χ0n) is 8.53. The summed E-state index contributed by atoms with van der Waals surface area (Å²) < 4.78 is 10.7. The van der Waals surface area contributed by atoms with Gasteiger partial charge in [-0.25, -0.2) is 0 Å². The molecule has 0 N–H and O–H groups in total. The highest BCUT2D eigenvalue weighted by Crippen LogP contribution is 2.16. The van der Waals surface area contributed by atoms with Gasteiger partial charge < -0.3 is 9.47 Å². The fraction of sp³-hybridized carbons (Fsp3) is 0.364. The number of carbonyl (C=O) groups is 1. The van der Waals surface area contributed by atoms with Gasteiger partial charge in [-0.1, -0.05) is 34.1 Å². The fourth-order valence-corrected chi connectivity index (χ4v) is 1.51. The van der Waals surface area contributed by atoms with Crippen LogP contribution in [-0.4, -0.2) is 26.3 Å². The Morgan fingerprint density at radius 1 is 1.33 bits per heavy atom. The SMILES string of the molecule is COCCOC(=O)Cc1ccccc1Br. The van der Waals surface area contributed by atoms with Crippen LogP contribution in [0.5, 0.6) is 0 Å². The molecule has 0 unspecified atom stereocenters. The molecule has 3 nitrogen and oxygen atoms in total. The van der Waals surface area contributed by atoms with Gasteiger partial charge in [0.25, 0.3) is 0 Å². The molecule has 1 aromatic carbocycles. The number of hydrogen-bond donors (Lipinski definition) is 0. The molecule has 0 radical (unpaired) electrons. The number of esters is 1. The molecular weight excluding hydrogens is 260 g/mol. The van der Waals surface area contributed by atoms with Gasteiger partial charge in [0.1, 0.15) is 6.61 Å². The Kier molecular flexibility index (Phi) is 5.36. The number of rotatable bonds is 5. The summed E-state index contributed by atoms with van der Waals surface area (Å²) in [7, 11) is 1.57. The molecule has 0 amide bonds. The van der Waals surface area contributed by atoms with E-state index in [1.54, 1.807) is 7.11 Å². The molecule has 0 saturated heterocycles. The van der Waals surface area contributed by atoms with Crippen molar-refractivity contribution in [3.8, 4) is 0 Å². The summed E-state index contributed by atoms with van der Waals surface area (Å²) in [5.41, 5.74) is 0.930. The second-order valence-corrected chi connectivity index (χ2v) is 3.84. The minimum atomic E-state index is -0.237. The number of halogens is 1. The van der Waals surface area contributed by atoms with Gasteiger partial charge in [0.05, 0.1) is 13.0 Å². The summed E-state index contributed by atoms with van der Waals surface area (Å²) >= 11 is 3.37. The number of methoxy groups -OCH3 is 1. The molecule has 0 heterocycles. The summed E-state index contributed by atoms with van der Waals surface area (Å²) in [6.45, 7) is 0.738. The van der Waals surface area contributed by atoms with E-state index in [1.165, 1.54) is 0 Å². The Balaban J connectivity index is 2.41. The van der Waals surface area contributed by atoms with Crippen LogP contribution >= 0.6 is 15.9 Å². The number of hydrogen-bond acceptors (Lipinski definition) is 3. The first kappa shape index (κ1) is 12.2. The third-order valence-corrected chi connectivity index (χ3v) is 2.62. The van der Waals surface area contributed by atoms with E-state index in [4.69, 9.17) is 9.47 Å². The van der Waals surface area contributed by atoms with E-state index in [1.807, 2.05) is 24.3 Å². The second-order valence-electron chi connectivity index (χ2n) is 2.98. The minimum absolute atomic E-state index is 0.237. The largest absolute Gasteiger partial charge is 0.463 e. The van der Waals surface area contributed by atoms with Gasteiger partial charge in [-0.05, 0) is 11.6 Å². The first-order valence-corrected chi connectivity index (χ1v) is 5.41. The van der Waals surface area contributed by atoms with E-state index in [0.717, 1.165) is 10.0 Å². The van der Waals surface area contributed by atoms with Gasteiger partial charge in [0, 0.05) is 11.6 Å². The van der Waals surface area contributed by atoms with Gasteiger partial charge in [-0.15, -0.1) is 0 Å². The van der Waals surface area contributed by atoms with Crippen molar-refractivity contribution in [2.24, 2.45) is 0 Å². The number of carbonyl (C=O) groups excluding carboxylic acids is 1. The lowest BCUT2D eigenvalue weighted by Crippen LogP contribution is -2.12. The number of ether oxygens (including phenoxy) is 2. The molecule has 0 bridgehead atoms. The molecule has 4 heteroatoms. The van der Waals surface area contributed by atoms with Crippen molar-refractivity contribution in [1.29, 1.82) is 0 Å². The summed E-state index contributed by atoms with van der Waals surface area (Å²) in [5.74, 6) is -0.237. The van der Waals surface area contributed by atoms with Crippen molar-refractivity contribution in [1.82, 2.24) is 0 Å². The molecule has 0 aliphatic rings. The van der Waals surface area contributed by atoms with Crippen LogP contribution in [0.15, 0.2) is 28.7 Å². The minimum Gasteiger partial charge on any atom is -0.463 e. The molecule has 0 atom stereocenters. The van der Waals surface area contributed by atoms with Gasteiger partial charge >= 0.3 is 5.97 Å². The van der Waals surface area contributed by atoms with Crippen LogP contribution in [0.1, 0.15) is 5.56 Å². The molecule has 0 aliphatic carbocycles. The molecule has 15 heavy (non-hydrogen) atoms. The molecule has 0 saturated carbocycles. The summed E-state index contributed by atoms with van der Waals surface area (Å²) in [6.07, 6.45) is 0.283. The van der Waals surface area contributed by atoms with Crippen LogP contribution in [0.2, 0.25) is 0 Å². The molecule has 0 aromatic heterocycles. The molecule has 0 spiro atoms. The molecule has 0 aliphatic heterocycles. The van der Waals surface area contributed by atoms with Crippen molar-refractivity contribution in [2.45, 2.75) is 6.42 Å². The van der Waals surface area contributed by atoms with Crippen molar-refractivity contribution < 1.29 is 14.3 Å². The molecule has 1 aromatic rings. The Bertz CT molecular complexity index is 325. The second kappa shape index (κ2) is 6.58. The Hall–Kier alpha value is -0.870. The maximum atomic E-state index is 11.3. The molecule has 0 fully saturated rings. The molecular formula is C11H13BrO3. The predicted octanol–water partition coefficient (Wildman–Crippen LogP) is 2.18. The first-order chi connectivity index (χ1) is 7.24. The average Bonchev–Trinajstić information content (AvgIpc) is 2.22. The van der Waals surface area contributed by atoms with Gasteiger partial charge in [-0.2, -0.15) is 0 Å². The van der Waals surface area contributed by atoms with Gasteiger partial charge in [0.2, 0.25) is 0 Å². The van der Waals surface area contributed by atoms with Crippen LogP contribution in [0.3, 0.4) is 0 Å². The maximum Gasteiger partial charge on any atom is 0.310 e. The van der Waals surface area contributed by atoms with E-state index < -0.39 is 0 Å². The quantitative estimate of drug-likeness (QED) is 0.609. The number of benzene rings is 1. The highest BCUT2D eigenvalue weighted by atomic mass is 79.9. The maximum absolute atomic E-state index is 11.3. The van der Waals surface area contributed by atoms with Crippen LogP contribution in [0, 0.1) is 0 Å². The average molecular weight is 273 g/mol. The highest BCUT2D eigenvalue weighted by Gasteiger charge is 2.06. The Labute approximate surface area is 97.5 Å².